The van der Waals surface area contributed by atoms with Gasteiger partial charge in [-0.25, -0.2) is 0 Å². The van der Waals surface area contributed by atoms with Crippen LogP contribution in [-0.4, -0.2) is 47.9 Å². The van der Waals surface area contributed by atoms with E-state index in [9.17, 15) is 4.79 Å². The number of carbonyl (C=O) groups is 1. The highest BCUT2D eigenvalue weighted by atomic mass is 35.5. The van der Waals surface area contributed by atoms with Gasteiger partial charge in [0.05, 0.1) is 6.04 Å². The van der Waals surface area contributed by atoms with E-state index in [1.165, 1.54) is 31.2 Å². The first-order valence-electron chi connectivity index (χ1n) is 8.99. The first-order chi connectivity index (χ1) is 11.2. The fraction of sp³-hybridized carbons (Fsp3) is 0.632. The molecule has 1 atom stereocenters. The smallest absolute Gasteiger partial charge is 0.239 e. The van der Waals surface area contributed by atoms with Gasteiger partial charge >= 0.3 is 0 Å². The summed E-state index contributed by atoms with van der Waals surface area (Å²) in [4.78, 5) is 17.3. The van der Waals surface area contributed by atoms with Gasteiger partial charge in [0.1, 0.15) is 0 Å². The van der Waals surface area contributed by atoms with E-state index in [-0.39, 0.29) is 36.8 Å². The number of nitrogens with two attached hydrogens (primary N) is 1. The molecule has 0 aliphatic carbocycles. The largest absolute Gasteiger partial charge is 0.337 e. The maximum absolute atomic E-state index is 13.0. The molecule has 2 rings (SSSR count). The van der Waals surface area contributed by atoms with Crippen LogP contribution >= 0.6 is 24.8 Å². The summed E-state index contributed by atoms with van der Waals surface area (Å²) in [5.41, 5.74) is 6.84. The van der Waals surface area contributed by atoms with Crippen molar-refractivity contribution in [1.29, 1.82) is 0 Å². The molecule has 2 N–H and O–H groups in total. The summed E-state index contributed by atoms with van der Waals surface area (Å²) in [6.07, 6.45) is 5.85. The topological polar surface area (TPSA) is 49.6 Å². The lowest BCUT2D eigenvalue weighted by molar-refractivity contribution is -0.137. The Morgan fingerprint density at radius 3 is 2.28 bits per heavy atom. The van der Waals surface area contributed by atoms with Gasteiger partial charge in [-0.1, -0.05) is 43.2 Å². The van der Waals surface area contributed by atoms with Gasteiger partial charge in [0, 0.05) is 13.1 Å². The Morgan fingerprint density at radius 1 is 1.12 bits per heavy atom. The Bertz CT molecular complexity index is 465. The molecule has 1 heterocycles. The Labute approximate surface area is 164 Å². The van der Waals surface area contributed by atoms with E-state index in [0.717, 1.165) is 26.1 Å². The number of hydrogen-bond donors (Lipinski definition) is 1. The van der Waals surface area contributed by atoms with Crippen molar-refractivity contribution < 1.29 is 4.79 Å². The van der Waals surface area contributed by atoms with Crippen LogP contribution in [0.2, 0.25) is 0 Å². The zero-order chi connectivity index (χ0) is 16.5. The van der Waals surface area contributed by atoms with Gasteiger partial charge < -0.3 is 10.6 Å². The first-order valence-corrected chi connectivity index (χ1v) is 8.99. The molecule has 1 amide bonds. The number of halogens is 2. The van der Waals surface area contributed by atoms with Crippen LogP contribution in [0.4, 0.5) is 0 Å². The summed E-state index contributed by atoms with van der Waals surface area (Å²) in [5.74, 6) is 0.240. The van der Waals surface area contributed by atoms with Gasteiger partial charge in [-0.3, -0.25) is 9.69 Å². The second-order valence-corrected chi connectivity index (χ2v) is 6.51. The van der Waals surface area contributed by atoms with E-state index in [0.29, 0.717) is 13.1 Å². The van der Waals surface area contributed by atoms with Gasteiger partial charge in [0.15, 0.2) is 0 Å². The highest BCUT2D eigenvalue weighted by Crippen LogP contribution is 2.15. The zero-order valence-electron chi connectivity index (χ0n) is 15.2. The highest BCUT2D eigenvalue weighted by molar-refractivity contribution is 5.85. The van der Waals surface area contributed by atoms with Crippen LogP contribution < -0.4 is 5.73 Å². The highest BCUT2D eigenvalue weighted by Gasteiger charge is 2.26. The van der Waals surface area contributed by atoms with Crippen LogP contribution in [0.25, 0.3) is 0 Å². The molecule has 1 aromatic carbocycles. The van der Waals surface area contributed by atoms with Gasteiger partial charge in [-0.2, -0.15) is 0 Å². The van der Waals surface area contributed by atoms with Crippen LogP contribution in [0, 0.1) is 0 Å². The van der Waals surface area contributed by atoms with E-state index in [2.05, 4.69) is 24.0 Å². The average Bonchev–Trinajstić information content (AvgIpc) is 2.87. The molecule has 144 valence electrons. The number of carbonyl (C=O) groups excluding carboxylic acids is 1. The quantitative estimate of drug-likeness (QED) is 0.776. The van der Waals surface area contributed by atoms with E-state index in [1.54, 1.807) is 0 Å². The number of benzene rings is 1. The Morgan fingerprint density at radius 2 is 1.72 bits per heavy atom. The molecular formula is C19H33Cl2N3O. The molecule has 1 aliphatic rings. The molecule has 0 radical (unpaired) electrons. The molecule has 25 heavy (non-hydrogen) atoms. The molecular weight excluding hydrogens is 357 g/mol. The lowest BCUT2D eigenvalue weighted by Gasteiger charge is -2.32. The predicted octanol–water partition coefficient (Wildman–Crippen LogP) is 3.47. The molecule has 1 fully saturated rings. The fourth-order valence-corrected chi connectivity index (χ4v) is 3.26. The first kappa shape index (κ1) is 24.2. The van der Waals surface area contributed by atoms with E-state index in [4.69, 9.17) is 5.73 Å². The molecule has 1 aromatic rings. The average molecular weight is 390 g/mol. The van der Waals surface area contributed by atoms with Crippen LogP contribution in [0.15, 0.2) is 30.3 Å². The van der Waals surface area contributed by atoms with Crippen LogP contribution in [0.1, 0.15) is 44.6 Å². The SMILES string of the molecule is CC(C(=O)N(CCCN)Cc1ccccc1)N1CCCCCC1.Cl.Cl. The standard InChI is InChI=1S/C19H31N3O.2ClH/c1-17(21-13-7-2-3-8-14-21)19(23)22(15-9-12-20)16-18-10-5-4-6-11-18;;/h4-6,10-11,17H,2-3,7-9,12-16,20H2,1H3;2*1H. The number of amides is 1. The predicted molar refractivity (Wildman–Crippen MR) is 110 cm³/mol. The monoisotopic (exact) mass is 389 g/mol. The lowest BCUT2D eigenvalue weighted by atomic mass is 10.1. The van der Waals surface area contributed by atoms with Crippen LogP contribution in [0.3, 0.4) is 0 Å². The van der Waals surface area contributed by atoms with Crippen molar-refractivity contribution >= 4 is 30.7 Å². The van der Waals surface area contributed by atoms with E-state index < -0.39 is 0 Å². The molecule has 1 unspecified atom stereocenters. The normalized spacial score (nSPS) is 16.1. The third-order valence-electron chi connectivity index (χ3n) is 4.71. The molecule has 0 saturated carbocycles. The van der Waals surface area contributed by atoms with Gasteiger partial charge in [0.25, 0.3) is 0 Å². The summed E-state index contributed by atoms with van der Waals surface area (Å²) in [7, 11) is 0. The van der Waals surface area contributed by atoms with Crippen molar-refractivity contribution in [2.75, 3.05) is 26.2 Å². The third-order valence-corrected chi connectivity index (χ3v) is 4.71. The van der Waals surface area contributed by atoms with Crippen molar-refractivity contribution in [1.82, 2.24) is 9.80 Å². The summed E-state index contributed by atoms with van der Waals surface area (Å²) < 4.78 is 0. The molecule has 4 nitrogen and oxygen atoms in total. The van der Waals surface area contributed by atoms with Gasteiger partial charge in [-0.15, -0.1) is 24.8 Å². The molecule has 1 aliphatic heterocycles. The zero-order valence-corrected chi connectivity index (χ0v) is 16.9. The Hall–Kier alpha value is -0.810. The van der Waals surface area contributed by atoms with E-state index >= 15 is 0 Å². The number of likely N-dealkylation sites (tertiary alicyclic amines) is 1. The van der Waals surface area contributed by atoms with Crippen LogP contribution in [-0.2, 0) is 11.3 Å². The summed E-state index contributed by atoms with van der Waals surface area (Å²) in [6, 6.07) is 10.2. The number of nitrogens with zero attached hydrogens (tertiary/aromatic N) is 2. The molecule has 1 saturated heterocycles. The minimum atomic E-state index is -0.0328. The van der Waals surface area contributed by atoms with Crippen molar-refractivity contribution in [3.8, 4) is 0 Å². The van der Waals surface area contributed by atoms with Crippen molar-refractivity contribution in [3.05, 3.63) is 35.9 Å². The Balaban J connectivity index is 0.00000288. The maximum atomic E-state index is 13.0. The molecule has 0 spiro atoms. The maximum Gasteiger partial charge on any atom is 0.239 e. The van der Waals surface area contributed by atoms with Crippen molar-refractivity contribution in [2.24, 2.45) is 5.73 Å². The fourth-order valence-electron chi connectivity index (χ4n) is 3.26. The minimum absolute atomic E-state index is 0. The summed E-state index contributed by atoms with van der Waals surface area (Å²) in [5, 5.41) is 0. The molecule has 6 heteroatoms. The van der Waals surface area contributed by atoms with Gasteiger partial charge in [-0.05, 0) is 51.4 Å². The van der Waals surface area contributed by atoms with Crippen LogP contribution in [0.5, 0.6) is 0 Å². The molecule has 0 bridgehead atoms. The number of hydrogen-bond acceptors (Lipinski definition) is 3. The summed E-state index contributed by atoms with van der Waals surface area (Å²) >= 11 is 0. The van der Waals surface area contributed by atoms with Crippen molar-refractivity contribution in [2.45, 2.75) is 51.6 Å². The summed E-state index contributed by atoms with van der Waals surface area (Å²) in [6.45, 7) is 6.19. The second-order valence-electron chi connectivity index (χ2n) is 6.51. The molecule has 0 aromatic heterocycles. The number of rotatable bonds is 7. The lowest BCUT2D eigenvalue weighted by Crippen LogP contribution is -2.47. The second kappa shape index (κ2) is 13.4. The minimum Gasteiger partial charge on any atom is -0.337 e. The third kappa shape index (κ3) is 7.95. The Kier molecular flexibility index (Phi) is 13.0. The van der Waals surface area contributed by atoms with Gasteiger partial charge in [0.2, 0.25) is 5.91 Å². The van der Waals surface area contributed by atoms with Crippen molar-refractivity contribution in [3.63, 3.8) is 0 Å². The van der Waals surface area contributed by atoms with E-state index in [1.807, 2.05) is 23.1 Å².